The number of aromatic nitrogens is 3. The van der Waals surface area contributed by atoms with Crippen LogP contribution in [0.15, 0.2) is 24.4 Å². The Morgan fingerprint density at radius 1 is 1.36 bits per heavy atom. The summed E-state index contributed by atoms with van der Waals surface area (Å²) in [5.74, 6) is 0.482. The van der Waals surface area contributed by atoms with Gasteiger partial charge in [0.15, 0.2) is 5.69 Å². The van der Waals surface area contributed by atoms with Crippen molar-refractivity contribution in [3.8, 4) is 0 Å². The summed E-state index contributed by atoms with van der Waals surface area (Å²) in [6.45, 7) is 3.32. The highest BCUT2D eigenvalue weighted by Gasteiger charge is 2.54. The van der Waals surface area contributed by atoms with Crippen LogP contribution in [0.3, 0.4) is 0 Å². The number of fused-ring (bicyclic) bond motifs is 1. The number of nitrogens with one attached hydrogen (secondary N) is 1. The van der Waals surface area contributed by atoms with E-state index in [1.165, 1.54) is 0 Å². The first-order valence-corrected chi connectivity index (χ1v) is 10.2. The summed E-state index contributed by atoms with van der Waals surface area (Å²) in [5.41, 5.74) is 3.64. The number of hydrogen-bond donors (Lipinski definition) is 1. The smallest absolute Gasteiger partial charge is 0.274 e. The summed E-state index contributed by atoms with van der Waals surface area (Å²) in [6.07, 6.45) is 6.84. The average Bonchev–Trinajstić information content (AvgIpc) is 3.39. The van der Waals surface area contributed by atoms with Crippen LogP contribution in [0.25, 0.3) is 0 Å². The van der Waals surface area contributed by atoms with Crippen LogP contribution in [-0.4, -0.2) is 57.9 Å². The first kappa shape index (κ1) is 17.8. The van der Waals surface area contributed by atoms with Crippen molar-refractivity contribution in [2.24, 2.45) is 5.92 Å². The normalized spacial score (nSPS) is 22.4. The average molecular weight is 382 g/mol. The topological polar surface area (TPSA) is 80.3 Å². The fraction of sp³-hybridized carbons (Fsp3) is 0.571. The van der Waals surface area contributed by atoms with Crippen molar-refractivity contribution in [1.82, 2.24) is 20.1 Å². The summed E-state index contributed by atoms with van der Waals surface area (Å²) in [5, 5.41) is 7.32. The van der Waals surface area contributed by atoms with Gasteiger partial charge in [-0.3, -0.25) is 14.9 Å². The van der Waals surface area contributed by atoms with Crippen molar-refractivity contribution in [2.45, 2.75) is 44.3 Å². The standard InChI is InChI=1S/C21H26N4O3/c26-20(19-17-5-3-6-18(17)23-24-19)25-13-21(14-25)15(8-11-28-21)7-10-27-12-16-4-1-2-9-22-16/h1-2,4,9,15H,3,5-8,10-14H2,(H,23,24). The predicted octanol–water partition coefficient (Wildman–Crippen LogP) is 2.13. The van der Waals surface area contributed by atoms with Gasteiger partial charge < -0.3 is 14.4 Å². The van der Waals surface area contributed by atoms with E-state index in [1.54, 1.807) is 6.20 Å². The maximum atomic E-state index is 12.9. The fourth-order valence-electron chi connectivity index (χ4n) is 4.82. The van der Waals surface area contributed by atoms with Crippen LogP contribution < -0.4 is 0 Å². The predicted molar refractivity (Wildman–Crippen MR) is 102 cm³/mol. The number of aromatic amines is 1. The first-order chi connectivity index (χ1) is 13.8. The van der Waals surface area contributed by atoms with Crippen LogP contribution >= 0.6 is 0 Å². The highest BCUT2D eigenvalue weighted by Crippen LogP contribution is 2.42. The van der Waals surface area contributed by atoms with Gasteiger partial charge in [0.1, 0.15) is 5.60 Å². The monoisotopic (exact) mass is 382 g/mol. The van der Waals surface area contributed by atoms with E-state index in [0.717, 1.165) is 55.7 Å². The van der Waals surface area contributed by atoms with E-state index in [0.29, 0.717) is 37.9 Å². The number of H-pyrrole nitrogens is 1. The molecule has 1 spiro atoms. The molecule has 1 atom stereocenters. The number of amides is 1. The quantitative estimate of drug-likeness (QED) is 0.774. The van der Waals surface area contributed by atoms with Crippen molar-refractivity contribution < 1.29 is 14.3 Å². The van der Waals surface area contributed by atoms with Gasteiger partial charge in [0, 0.05) is 30.7 Å². The SMILES string of the molecule is O=C(c1n[nH]c2c1CCC2)N1CC2(C1)OCCC2CCOCc1ccccn1. The molecule has 7 nitrogen and oxygen atoms in total. The zero-order chi connectivity index (χ0) is 19.0. The van der Waals surface area contributed by atoms with Crippen molar-refractivity contribution in [2.75, 3.05) is 26.3 Å². The van der Waals surface area contributed by atoms with Gasteiger partial charge in [0.2, 0.25) is 0 Å². The Kier molecular flexibility index (Phi) is 4.64. The third-order valence-corrected chi connectivity index (χ3v) is 6.40. The molecule has 28 heavy (non-hydrogen) atoms. The van der Waals surface area contributed by atoms with Crippen LogP contribution in [0, 0.1) is 5.92 Å². The van der Waals surface area contributed by atoms with Crippen molar-refractivity contribution in [1.29, 1.82) is 0 Å². The van der Waals surface area contributed by atoms with Gasteiger partial charge in [-0.15, -0.1) is 0 Å². The minimum Gasteiger partial charge on any atom is -0.375 e. The molecule has 0 bridgehead atoms. The molecule has 148 valence electrons. The van der Waals surface area contributed by atoms with Crippen LogP contribution in [0.5, 0.6) is 0 Å². The molecule has 2 saturated heterocycles. The molecule has 2 fully saturated rings. The lowest BCUT2D eigenvalue weighted by molar-refractivity contribution is -0.120. The molecule has 2 aromatic heterocycles. The summed E-state index contributed by atoms with van der Waals surface area (Å²) in [4.78, 5) is 19.0. The molecule has 1 N–H and O–H groups in total. The lowest BCUT2D eigenvalue weighted by Crippen LogP contribution is -2.66. The Morgan fingerprint density at radius 2 is 2.29 bits per heavy atom. The third-order valence-electron chi connectivity index (χ3n) is 6.40. The van der Waals surface area contributed by atoms with E-state index in [2.05, 4.69) is 15.2 Å². The van der Waals surface area contributed by atoms with Crippen LogP contribution in [0.4, 0.5) is 0 Å². The molecule has 0 aromatic carbocycles. The molecule has 2 aromatic rings. The number of likely N-dealkylation sites (tertiary alicyclic amines) is 1. The molecule has 2 aliphatic heterocycles. The van der Waals surface area contributed by atoms with Gasteiger partial charge in [-0.25, -0.2) is 0 Å². The lowest BCUT2D eigenvalue weighted by Gasteiger charge is -2.50. The van der Waals surface area contributed by atoms with Gasteiger partial charge in [0.25, 0.3) is 5.91 Å². The molecule has 1 aliphatic carbocycles. The van der Waals surface area contributed by atoms with Gasteiger partial charge in [0.05, 0.1) is 25.4 Å². The Balaban J connectivity index is 1.14. The number of rotatable bonds is 6. The molecule has 7 heteroatoms. The maximum absolute atomic E-state index is 12.9. The summed E-state index contributed by atoms with van der Waals surface area (Å²) >= 11 is 0. The molecule has 4 heterocycles. The molecule has 5 rings (SSSR count). The van der Waals surface area contributed by atoms with Crippen molar-refractivity contribution in [3.05, 3.63) is 47.0 Å². The minimum absolute atomic E-state index is 0.0469. The second-order valence-electron chi connectivity index (χ2n) is 8.11. The zero-order valence-corrected chi connectivity index (χ0v) is 16.0. The Morgan fingerprint density at radius 3 is 3.14 bits per heavy atom. The Bertz CT molecular complexity index is 845. The molecule has 0 saturated carbocycles. The number of carbonyl (C=O) groups is 1. The minimum atomic E-state index is -0.191. The number of hydrogen-bond acceptors (Lipinski definition) is 5. The Labute approximate surface area is 164 Å². The summed E-state index contributed by atoms with van der Waals surface area (Å²) in [7, 11) is 0. The molecule has 3 aliphatic rings. The van der Waals surface area contributed by atoms with Crippen LogP contribution in [-0.2, 0) is 28.9 Å². The van der Waals surface area contributed by atoms with Crippen molar-refractivity contribution in [3.63, 3.8) is 0 Å². The molecular formula is C21H26N4O3. The van der Waals surface area contributed by atoms with E-state index >= 15 is 0 Å². The summed E-state index contributed by atoms with van der Waals surface area (Å²) in [6, 6.07) is 5.85. The Hall–Kier alpha value is -2.25. The first-order valence-electron chi connectivity index (χ1n) is 10.2. The maximum Gasteiger partial charge on any atom is 0.274 e. The van der Waals surface area contributed by atoms with Crippen LogP contribution in [0.1, 0.15) is 46.7 Å². The van der Waals surface area contributed by atoms with E-state index in [1.807, 2.05) is 23.1 Å². The van der Waals surface area contributed by atoms with E-state index in [9.17, 15) is 4.79 Å². The number of ether oxygens (including phenoxy) is 2. The van der Waals surface area contributed by atoms with E-state index < -0.39 is 0 Å². The third kappa shape index (κ3) is 3.12. The molecule has 1 amide bonds. The van der Waals surface area contributed by atoms with Gasteiger partial charge in [-0.05, 0) is 50.2 Å². The molecular weight excluding hydrogens is 356 g/mol. The lowest BCUT2D eigenvalue weighted by atomic mass is 9.79. The largest absolute Gasteiger partial charge is 0.375 e. The second kappa shape index (κ2) is 7.29. The number of aryl methyl sites for hydroxylation is 1. The zero-order valence-electron chi connectivity index (χ0n) is 16.0. The number of carbonyl (C=O) groups excluding carboxylic acids is 1. The molecule has 1 unspecified atom stereocenters. The number of nitrogens with zero attached hydrogens (tertiary/aromatic N) is 3. The van der Waals surface area contributed by atoms with E-state index in [-0.39, 0.29) is 11.5 Å². The van der Waals surface area contributed by atoms with Gasteiger partial charge >= 0.3 is 0 Å². The highest BCUT2D eigenvalue weighted by atomic mass is 16.5. The number of pyridine rings is 1. The van der Waals surface area contributed by atoms with Gasteiger partial charge in [-0.2, -0.15) is 5.10 Å². The van der Waals surface area contributed by atoms with Crippen molar-refractivity contribution >= 4 is 5.91 Å². The summed E-state index contributed by atoms with van der Waals surface area (Å²) < 4.78 is 11.9. The van der Waals surface area contributed by atoms with Gasteiger partial charge in [-0.1, -0.05) is 6.07 Å². The second-order valence-corrected chi connectivity index (χ2v) is 8.11. The fourth-order valence-corrected chi connectivity index (χ4v) is 4.82. The highest BCUT2D eigenvalue weighted by molar-refractivity contribution is 5.95. The molecule has 0 radical (unpaired) electrons. The van der Waals surface area contributed by atoms with E-state index in [4.69, 9.17) is 9.47 Å². The van der Waals surface area contributed by atoms with Crippen LogP contribution in [0.2, 0.25) is 0 Å².